The molecule has 0 saturated heterocycles. The molecule has 0 aliphatic heterocycles. The van der Waals surface area contributed by atoms with Gasteiger partial charge in [-0.25, -0.2) is 0 Å². The molecule has 0 saturated carbocycles. The first-order chi connectivity index (χ1) is 8.12. The summed E-state index contributed by atoms with van der Waals surface area (Å²) in [4.78, 5) is 0. The van der Waals surface area contributed by atoms with Crippen LogP contribution in [0.3, 0.4) is 0 Å². The van der Waals surface area contributed by atoms with Gasteiger partial charge in [0.25, 0.3) is 0 Å². The number of hydrogen-bond acceptors (Lipinski definition) is 1. The zero-order valence-corrected chi connectivity index (χ0v) is 10.7. The number of rotatable bonds is 0. The Balaban J connectivity index is 2.95. The molecule has 1 aromatic heterocycles. The van der Waals surface area contributed by atoms with Crippen LogP contribution in [0, 0.1) is 6.92 Å². The quantitative estimate of drug-likeness (QED) is 0.752. The van der Waals surface area contributed by atoms with Crippen molar-refractivity contribution in [3.63, 3.8) is 0 Å². The van der Waals surface area contributed by atoms with E-state index in [1.54, 1.807) is 20.8 Å². The van der Waals surface area contributed by atoms with E-state index in [2.05, 4.69) is 10.2 Å². The van der Waals surface area contributed by atoms with E-state index in [1.807, 2.05) is 0 Å². The molecule has 0 fully saturated rings. The van der Waals surface area contributed by atoms with E-state index < -0.39 is 17.2 Å². The maximum atomic E-state index is 13.2. The Kier molecular flexibility index (Phi) is 2.68. The van der Waals surface area contributed by atoms with Gasteiger partial charge in [0, 0.05) is 5.39 Å². The zero-order valence-electron chi connectivity index (χ0n) is 10.7. The Hall–Kier alpha value is -1.52. The number of fused-ring (bicyclic) bond motifs is 1. The van der Waals surface area contributed by atoms with Gasteiger partial charge in [0.05, 0.1) is 17.3 Å². The van der Waals surface area contributed by atoms with Crippen LogP contribution >= 0.6 is 0 Å². The highest BCUT2D eigenvalue weighted by Crippen LogP contribution is 2.42. The minimum absolute atomic E-state index is 0.226. The lowest BCUT2D eigenvalue weighted by molar-refractivity contribution is -0.139. The number of halogens is 3. The van der Waals surface area contributed by atoms with Crippen molar-refractivity contribution in [1.29, 1.82) is 0 Å². The Morgan fingerprint density at radius 1 is 1.11 bits per heavy atom. The van der Waals surface area contributed by atoms with E-state index in [4.69, 9.17) is 0 Å². The van der Waals surface area contributed by atoms with Gasteiger partial charge in [0.1, 0.15) is 0 Å². The number of nitrogens with one attached hydrogen (secondary N) is 1. The number of nitrogens with zero attached hydrogens (tertiary/aromatic N) is 1. The second-order valence-corrected chi connectivity index (χ2v) is 5.52. The monoisotopic (exact) mass is 256 g/mol. The molecular formula is C13H15F3N2. The maximum Gasteiger partial charge on any atom is 0.416 e. The molecular weight excluding hydrogens is 241 g/mol. The summed E-state index contributed by atoms with van der Waals surface area (Å²) in [7, 11) is 0. The van der Waals surface area contributed by atoms with E-state index >= 15 is 0 Å². The van der Waals surface area contributed by atoms with Gasteiger partial charge in [-0.3, -0.25) is 5.10 Å². The summed E-state index contributed by atoms with van der Waals surface area (Å²) < 4.78 is 39.7. The van der Waals surface area contributed by atoms with Gasteiger partial charge in [-0.15, -0.1) is 0 Å². The minimum Gasteiger partial charge on any atom is -0.278 e. The van der Waals surface area contributed by atoms with E-state index in [0.29, 0.717) is 16.5 Å². The predicted molar refractivity (Wildman–Crippen MR) is 64.5 cm³/mol. The van der Waals surface area contributed by atoms with E-state index in [0.717, 1.165) is 0 Å². The van der Waals surface area contributed by atoms with Crippen molar-refractivity contribution in [3.05, 3.63) is 29.0 Å². The van der Waals surface area contributed by atoms with Crippen LogP contribution in [0.25, 0.3) is 10.9 Å². The molecule has 18 heavy (non-hydrogen) atoms. The molecule has 0 aliphatic carbocycles. The highest BCUT2D eigenvalue weighted by atomic mass is 19.4. The van der Waals surface area contributed by atoms with E-state index in [9.17, 15) is 13.2 Å². The molecule has 2 nitrogen and oxygen atoms in total. The van der Waals surface area contributed by atoms with Crippen LogP contribution in [0.4, 0.5) is 13.2 Å². The van der Waals surface area contributed by atoms with Crippen LogP contribution in [-0.2, 0) is 11.6 Å². The molecule has 0 radical (unpaired) electrons. The molecule has 2 rings (SSSR count). The smallest absolute Gasteiger partial charge is 0.278 e. The summed E-state index contributed by atoms with van der Waals surface area (Å²) >= 11 is 0. The van der Waals surface area contributed by atoms with Crippen LogP contribution < -0.4 is 0 Å². The van der Waals surface area contributed by atoms with Crippen molar-refractivity contribution < 1.29 is 13.2 Å². The predicted octanol–water partition coefficient (Wildman–Crippen LogP) is 4.19. The molecule has 5 heteroatoms. The first kappa shape index (κ1) is 12.9. The van der Waals surface area contributed by atoms with Gasteiger partial charge in [0.15, 0.2) is 0 Å². The number of hydrogen-bond donors (Lipinski definition) is 1. The summed E-state index contributed by atoms with van der Waals surface area (Å²) in [6.07, 6.45) is -2.89. The zero-order chi connectivity index (χ0) is 13.7. The number of aromatic amines is 1. The van der Waals surface area contributed by atoms with Crippen molar-refractivity contribution in [2.24, 2.45) is 0 Å². The fourth-order valence-electron chi connectivity index (χ4n) is 2.37. The molecule has 1 heterocycles. The van der Waals surface area contributed by atoms with Crippen LogP contribution in [0.15, 0.2) is 12.3 Å². The van der Waals surface area contributed by atoms with Crippen molar-refractivity contribution >= 4 is 10.9 Å². The second-order valence-electron chi connectivity index (χ2n) is 5.52. The third-order valence-electron chi connectivity index (χ3n) is 2.98. The number of H-pyrrole nitrogens is 1. The Labute approximate surface area is 103 Å². The van der Waals surface area contributed by atoms with Gasteiger partial charge in [-0.2, -0.15) is 18.3 Å². The van der Waals surface area contributed by atoms with E-state index in [-0.39, 0.29) is 5.56 Å². The van der Waals surface area contributed by atoms with Gasteiger partial charge < -0.3 is 0 Å². The van der Waals surface area contributed by atoms with Crippen LogP contribution in [0.5, 0.6) is 0 Å². The number of benzene rings is 1. The first-order valence-electron chi connectivity index (χ1n) is 5.66. The van der Waals surface area contributed by atoms with Gasteiger partial charge in [0.2, 0.25) is 0 Å². The molecule has 98 valence electrons. The number of alkyl halides is 3. The lowest BCUT2D eigenvalue weighted by Gasteiger charge is -2.26. The summed E-state index contributed by atoms with van der Waals surface area (Å²) in [6.45, 7) is 6.83. The molecule has 0 atom stereocenters. The van der Waals surface area contributed by atoms with Crippen LogP contribution in [0.1, 0.15) is 37.5 Å². The largest absolute Gasteiger partial charge is 0.416 e. The normalized spacial score (nSPS) is 13.3. The lowest BCUT2D eigenvalue weighted by atomic mass is 9.80. The van der Waals surface area contributed by atoms with Gasteiger partial charge in [-0.1, -0.05) is 20.8 Å². The first-order valence-corrected chi connectivity index (χ1v) is 5.66. The SMILES string of the molecule is Cc1cc2[nH]ncc2c(C(C)(C)C)c1C(F)(F)F. The summed E-state index contributed by atoms with van der Waals surface area (Å²) in [5, 5.41) is 7.12. The number of aryl methyl sites for hydroxylation is 1. The molecule has 0 spiro atoms. The lowest BCUT2D eigenvalue weighted by Crippen LogP contribution is -2.21. The Morgan fingerprint density at radius 2 is 1.72 bits per heavy atom. The van der Waals surface area contributed by atoms with Crippen molar-refractivity contribution in [2.45, 2.75) is 39.3 Å². The summed E-state index contributed by atoms with van der Waals surface area (Å²) in [6, 6.07) is 1.50. The van der Waals surface area contributed by atoms with Crippen molar-refractivity contribution in [1.82, 2.24) is 10.2 Å². The molecule has 1 N–H and O–H groups in total. The highest BCUT2D eigenvalue weighted by Gasteiger charge is 2.39. The Morgan fingerprint density at radius 3 is 2.22 bits per heavy atom. The second kappa shape index (κ2) is 3.73. The molecule has 0 unspecified atom stereocenters. The fourth-order valence-corrected chi connectivity index (χ4v) is 2.37. The molecule has 0 bridgehead atoms. The average molecular weight is 256 g/mol. The fraction of sp³-hybridized carbons (Fsp3) is 0.462. The molecule has 1 aromatic carbocycles. The summed E-state index contributed by atoms with van der Waals surface area (Å²) in [5.41, 5.74) is 0.0381. The molecule has 0 aliphatic rings. The van der Waals surface area contributed by atoms with Crippen LogP contribution in [0.2, 0.25) is 0 Å². The standard InChI is InChI=1S/C13H15F3N2/c1-7-5-9-8(6-17-18-9)11(12(2,3)4)10(7)13(14,15)16/h5-6H,1-4H3,(H,17,18). The summed E-state index contributed by atoms with van der Waals surface area (Å²) in [5.74, 6) is 0. The third-order valence-corrected chi connectivity index (χ3v) is 2.98. The van der Waals surface area contributed by atoms with Crippen LogP contribution in [-0.4, -0.2) is 10.2 Å². The average Bonchev–Trinajstić information content (AvgIpc) is 2.58. The van der Waals surface area contributed by atoms with E-state index in [1.165, 1.54) is 19.2 Å². The van der Waals surface area contributed by atoms with Crippen molar-refractivity contribution in [2.75, 3.05) is 0 Å². The van der Waals surface area contributed by atoms with Gasteiger partial charge in [-0.05, 0) is 29.5 Å². The highest BCUT2D eigenvalue weighted by molar-refractivity contribution is 5.85. The maximum absolute atomic E-state index is 13.2. The number of aromatic nitrogens is 2. The molecule has 2 aromatic rings. The van der Waals surface area contributed by atoms with Crippen molar-refractivity contribution in [3.8, 4) is 0 Å². The third kappa shape index (κ3) is 1.98. The van der Waals surface area contributed by atoms with Gasteiger partial charge >= 0.3 is 6.18 Å². The minimum atomic E-state index is -4.35. The molecule has 0 amide bonds. The Bertz CT molecular complexity index is 589. The topological polar surface area (TPSA) is 28.7 Å².